The molecule has 1 saturated carbocycles. The van der Waals surface area contributed by atoms with E-state index in [4.69, 9.17) is 0 Å². The Labute approximate surface area is 82.6 Å². The van der Waals surface area contributed by atoms with Crippen molar-refractivity contribution in [3.05, 3.63) is 22.9 Å². The summed E-state index contributed by atoms with van der Waals surface area (Å²) in [4.78, 5) is 13.8. The molecular formula is C10H16N2O2. The van der Waals surface area contributed by atoms with Crippen LogP contribution in [0.1, 0.15) is 25.7 Å². The third-order valence-electron chi connectivity index (χ3n) is 3.02. The lowest BCUT2D eigenvalue weighted by Crippen LogP contribution is -2.31. The van der Waals surface area contributed by atoms with Gasteiger partial charge in [-0.25, -0.2) is 4.79 Å². The highest BCUT2D eigenvalue weighted by molar-refractivity contribution is 4.81. The third-order valence-corrected chi connectivity index (χ3v) is 3.02. The Kier molecular flexibility index (Phi) is 2.72. The van der Waals surface area contributed by atoms with Crippen molar-refractivity contribution in [3.63, 3.8) is 0 Å². The lowest BCUT2D eigenvalue weighted by atomic mass is 9.86. The number of imidazole rings is 1. The van der Waals surface area contributed by atoms with Crippen molar-refractivity contribution in [2.24, 2.45) is 5.92 Å². The normalized spacial score (nSPS) is 27.8. The predicted molar refractivity (Wildman–Crippen MR) is 53.0 cm³/mol. The minimum atomic E-state index is -0.231. The van der Waals surface area contributed by atoms with Gasteiger partial charge < -0.3 is 10.1 Å². The molecular weight excluding hydrogens is 180 g/mol. The van der Waals surface area contributed by atoms with E-state index in [0.717, 1.165) is 19.3 Å². The summed E-state index contributed by atoms with van der Waals surface area (Å²) < 4.78 is 1.64. The summed E-state index contributed by atoms with van der Waals surface area (Å²) in [6.45, 7) is 0.642. The molecule has 1 aromatic rings. The van der Waals surface area contributed by atoms with E-state index in [-0.39, 0.29) is 17.7 Å². The zero-order valence-corrected chi connectivity index (χ0v) is 8.15. The Morgan fingerprint density at radius 1 is 1.50 bits per heavy atom. The number of hydrogen-bond donors (Lipinski definition) is 2. The lowest BCUT2D eigenvalue weighted by molar-refractivity contribution is 0.0602. The van der Waals surface area contributed by atoms with Crippen LogP contribution in [0, 0.1) is 5.92 Å². The van der Waals surface area contributed by atoms with Crippen molar-refractivity contribution in [2.45, 2.75) is 38.3 Å². The maximum absolute atomic E-state index is 11.2. The van der Waals surface area contributed by atoms with Gasteiger partial charge >= 0.3 is 5.69 Å². The second kappa shape index (κ2) is 4.00. The van der Waals surface area contributed by atoms with Crippen LogP contribution in [0.4, 0.5) is 0 Å². The Bertz CT molecular complexity index is 342. The molecule has 0 aliphatic heterocycles. The number of hydrogen-bond acceptors (Lipinski definition) is 2. The first-order valence-corrected chi connectivity index (χ1v) is 5.19. The van der Waals surface area contributed by atoms with Gasteiger partial charge in [0.2, 0.25) is 0 Å². The Morgan fingerprint density at radius 3 is 2.93 bits per heavy atom. The fourth-order valence-electron chi connectivity index (χ4n) is 2.15. The van der Waals surface area contributed by atoms with Crippen molar-refractivity contribution in [2.75, 3.05) is 0 Å². The molecule has 0 aromatic carbocycles. The van der Waals surface area contributed by atoms with Gasteiger partial charge in [0.25, 0.3) is 0 Å². The summed E-state index contributed by atoms with van der Waals surface area (Å²) in [5.74, 6) is 0.247. The smallest absolute Gasteiger partial charge is 0.325 e. The zero-order chi connectivity index (χ0) is 9.97. The van der Waals surface area contributed by atoms with Crippen molar-refractivity contribution in [3.8, 4) is 0 Å². The summed E-state index contributed by atoms with van der Waals surface area (Å²) in [6, 6.07) is 0. The number of H-pyrrole nitrogens is 1. The highest BCUT2D eigenvalue weighted by Crippen LogP contribution is 2.25. The summed E-state index contributed by atoms with van der Waals surface area (Å²) in [5.41, 5.74) is -0.0808. The van der Waals surface area contributed by atoms with E-state index in [1.54, 1.807) is 17.0 Å². The number of aromatic amines is 1. The first-order valence-electron chi connectivity index (χ1n) is 5.19. The van der Waals surface area contributed by atoms with Crippen LogP contribution in [0.5, 0.6) is 0 Å². The number of nitrogens with zero attached hydrogens (tertiary/aromatic N) is 1. The van der Waals surface area contributed by atoms with Crippen LogP contribution in [0.3, 0.4) is 0 Å². The Balaban J connectivity index is 2.03. The molecule has 0 radical (unpaired) electrons. The highest BCUT2D eigenvalue weighted by Gasteiger charge is 2.23. The summed E-state index contributed by atoms with van der Waals surface area (Å²) in [6.07, 6.45) is 7.33. The van der Waals surface area contributed by atoms with E-state index in [9.17, 15) is 9.90 Å². The average Bonchev–Trinajstić information content (AvgIpc) is 2.56. The van der Waals surface area contributed by atoms with Gasteiger partial charge in [0.15, 0.2) is 0 Å². The minimum Gasteiger partial charge on any atom is -0.393 e. The average molecular weight is 196 g/mol. The molecule has 14 heavy (non-hydrogen) atoms. The van der Waals surface area contributed by atoms with Gasteiger partial charge in [-0.3, -0.25) is 4.57 Å². The highest BCUT2D eigenvalue weighted by atomic mass is 16.3. The molecule has 0 amide bonds. The SMILES string of the molecule is O=c1[nH]ccn1CC1CCCCC1O. The molecule has 2 atom stereocenters. The molecule has 78 valence electrons. The fourth-order valence-corrected chi connectivity index (χ4v) is 2.15. The number of nitrogens with one attached hydrogen (secondary N) is 1. The van der Waals surface area contributed by atoms with Gasteiger partial charge in [-0.1, -0.05) is 12.8 Å². The standard InChI is InChI=1S/C10H16N2O2/c13-9-4-2-1-3-8(9)7-12-6-5-11-10(12)14/h5-6,8-9,13H,1-4,7H2,(H,11,14). The fraction of sp³-hybridized carbons (Fsp3) is 0.700. The van der Waals surface area contributed by atoms with Crippen LogP contribution in [0.25, 0.3) is 0 Å². The van der Waals surface area contributed by atoms with E-state index in [0.29, 0.717) is 6.54 Å². The van der Waals surface area contributed by atoms with E-state index in [1.165, 1.54) is 6.42 Å². The molecule has 4 nitrogen and oxygen atoms in total. The molecule has 4 heteroatoms. The minimum absolute atomic E-state index is 0.0808. The molecule has 0 spiro atoms. The maximum Gasteiger partial charge on any atom is 0.325 e. The number of aliphatic hydroxyl groups is 1. The van der Waals surface area contributed by atoms with Gasteiger partial charge in [-0.05, 0) is 12.8 Å². The molecule has 1 heterocycles. The third kappa shape index (κ3) is 1.90. The van der Waals surface area contributed by atoms with Gasteiger partial charge in [-0.15, -0.1) is 0 Å². The zero-order valence-electron chi connectivity index (χ0n) is 8.15. The quantitative estimate of drug-likeness (QED) is 0.732. The van der Waals surface area contributed by atoms with E-state index < -0.39 is 0 Å². The van der Waals surface area contributed by atoms with Crippen LogP contribution in [0.2, 0.25) is 0 Å². The van der Waals surface area contributed by atoms with Gasteiger partial charge in [-0.2, -0.15) is 0 Å². The Morgan fingerprint density at radius 2 is 2.29 bits per heavy atom. The van der Waals surface area contributed by atoms with Crippen LogP contribution in [0.15, 0.2) is 17.2 Å². The van der Waals surface area contributed by atoms with E-state index in [1.807, 2.05) is 0 Å². The number of rotatable bonds is 2. The topological polar surface area (TPSA) is 58.0 Å². The Hall–Kier alpha value is -1.03. The first-order chi connectivity index (χ1) is 6.77. The lowest BCUT2D eigenvalue weighted by Gasteiger charge is -2.27. The molecule has 1 aromatic heterocycles. The van der Waals surface area contributed by atoms with Crippen LogP contribution in [-0.4, -0.2) is 20.8 Å². The van der Waals surface area contributed by atoms with Crippen LogP contribution < -0.4 is 5.69 Å². The van der Waals surface area contributed by atoms with Gasteiger partial charge in [0.05, 0.1) is 6.10 Å². The number of aliphatic hydroxyl groups excluding tert-OH is 1. The number of aromatic nitrogens is 2. The molecule has 2 unspecified atom stereocenters. The van der Waals surface area contributed by atoms with Crippen molar-refractivity contribution in [1.29, 1.82) is 0 Å². The summed E-state index contributed by atoms with van der Waals surface area (Å²) in [7, 11) is 0. The molecule has 0 bridgehead atoms. The van der Waals surface area contributed by atoms with E-state index >= 15 is 0 Å². The molecule has 0 saturated heterocycles. The van der Waals surface area contributed by atoms with Crippen LogP contribution >= 0.6 is 0 Å². The van der Waals surface area contributed by atoms with Gasteiger partial charge in [0, 0.05) is 24.9 Å². The van der Waals surface area contributed by atoms with Crippen molar-refractivity contribution in [1.82, 2.24) is 9.55 Å². The van der Waals surface area contributed by atoms with Crippen molar-refractivity contribution >= 4 is 0 Å². The van der Waals surface area contributed by atoms with Gasteiger partial charge in [0.1, 0.15) is 0 Å². The summed E-state index contributed by atoms with van der Waals surface area (Å²) in [5, 5.41) is 9.73. The molecule has 2 rings (SSSR count). The second-order valence-electron chi connectivity index (χ2n) is 4.03. The first kappa shape index (κ1) is 9.52. The monoisotopic (exact) mass is 196 g/mol. The molecule has 2 N–H and O–H groups in total. The van der Waals surface area contributed by atoms with Crippen molar-refractivity contribution < 1.29 is 5.11 Å². The summed E-state index contributed by atoms with van der Waals surface area (Å²) >= 11 is 0. The molecule has 1 aliphatic carbocycles. The van der Waals surface area contributed by atoms with Crippen LogP contribution in [-0.2, 0) is 6.54 Å². The predicted octanol–water partition coefficient (Wildman–Crippen LogP) is 0.727. The largest absolute Gasteiger partial charge is 0.393 e. The second-order valence-corrected chi connectivity index (χ2v) is 4.03. The maximum atomic E-state index is 11.2. The molecule has 1 fully saturated rings. The molecule has 1 aliphatic rings. The van der Waals surface area contributed by atoms with E-state index in [2.05, 4.69) is 4.98 Å².